The van der Waals surface area contributed by atoms with Gasteiger partial charge in [-0.25, -0.2) is 5.84 Å². The van der Waals surface area contributed by atoms with Crippen molar-refractivity contribution in [1.82, 2.24) is 0 Å². The van der Waals surface area contributed by atoms with Crippen molar-refractivity contribution in [2.24, 2.45) is 5.84 Å². The van der Waals surface area contributed by atoms with E-state index >= 15 is 0 Å². The number of para-hydroxylation sites is 2. The van der Waals surface area contributed by atoms with E-state index < -0.39 is 0 Å². The minimum atomic E-state index is -0.00361. The van der Waals surface area contributed by atoms with Crippen LogP contribution in [0.1, 0.15) is 11.7 Å². The zero-order valence-electron chi connectivity index (χ0n) is 9.41. The molecular weight excluding hydrogens is 212 g/mol. The molecule has 2 aromatic carbocycles. The number of nitrogens with two attached hydrogens (primary N) is 1. The highest BCUT2D eigenvalue weighted by molar-refractivity contribution is 5.59. The fourth-order valence-electron chi connectivity index (χ4n) is 2.10. The molecule has 3 heteroatoms. The molecule has 0 spiro atoms. The Morgan fingerprint density at radius 3 is 2.53 bits per heavy atom. The molecule has 0 aliphatic carbocycles. The van der Waals surface area contributed by atoms with Gasteiger partial charge < -0.3 is 9.75 Å². The van der Waals surface area contributed by atoms with Crippen LogP contribution in [0.15, 0.2) is 54.6 Å². The van der Waals surface area contributed by atoms with E-state index in [0.717, 1.165) is 17.0 Å². The van der Waals surface area contributed by atoms with Gasteiger partial charge in [-0.2, -0.15) is 0 Å². The van der Waals surface area contributed by atoms with Crippen LogP contribution < -0.4 is 15.6 Å². The fraction of sp³-hybridized carbons (Fsp3) is 0.143. The molecule has 0 amide bonds. The number of rotatable bonds is 1. The lowest BCUT2D eigenvalue weighted by molar-refractivity contribution is 0.197. The number of nitrogens with zero attached hydrogens (tertiary/aromatic N) is 1. The number of hydrogen-bond donors (Lipinski definition) is 1. The fourth-order valence-corrected chi connectivity index (χ4v) is 2.10. The first-order valence-electron chi connectivity index (χ1n) is 5.67. The molecular formula is C14H14N2O. The summed E-state index contributed by atoms with van der Waals surface area (Å²) >= 11 is 0. The Bertz CT molecular complexity index is 513. The zero-order valence-corrected chi connectivity index (χ0v) is 9.41. The lowest BCUT2D eigenvalue weighted by atomic mass is 10.1. The Morgan fingerprint density at radius 1 is 1.00 bits per heavy atom. The average molecular weight is 226 g/mol. The van der Waals surface area contributed by atoms with E-state index in [9.17, 15) is 0 Å². The Kier molecular flexibility index (Phi) is 2.46. The zero-order chi connectivity index (χ0) is 11.7. The van der Waals surface area contributed by atoms with Gasteiger partial charge in [0.15, 0.2) is 0 Å². The smallest absolute Gasteiger partial charge is 0.145 e. The van der Waals surface area contributed by atoms with Gasteiger partial charge in [0, 0.05) is 0 Å². The van der Waals surface area contributed by atoms with Gasteiger partial charge in [-0.1, -0.05) is 42.5 Å². The number of ether oxygens (including phenoxy) is 1. The molecule has 0 bridgehead atoms. The molecule has 0 saturated carbocycles. The van der Waals surface area contributed by atoms with Gasteiger partial charge >= 0.3 is 0 Å². The first-order valence-corrected chi connectivity index (χ1v) is 5.67. The van der Waals surface area contributed by atoms with Gasteiger partial charge in [-0.15, -0.1) is 0 Å². The molecule has 86 valence electrons. The molecule has 0 fully saturated rings. The van der Waals surface area contributed by atoms with E-state index in [1.54, 1.807) is 5.01 Å². The Balaban J connectivity index is 1.94. The number of anilines is 1. The van der Waals surface area contributed by atoms with E-state index in [1.165, 1.54) is 0 Å². The van der Waals surface area contributed by atoms with Crippen molar-refractivity contribution in [3.05, 3.63) is 60.2 Å². The predicted molar refractivity (Wildman–Crippen MR) is 67.8 cm³/mol. The van der Waals surface area contributed by atoms with Crippen LogP contribution in [0.3, 0.4) is 0 Å². The molecule has 1 aliphatic heterocycles. The molecule has 3 nitrogen and oxygen atoms in total. The van der Waals surface area contributed by atoms with Crippen LogP contribution in [0.25, 0.3) is 0 Å². The molecule has 0 saturated heterocycles. The molecule has 3 rings (SSSR count). The normalized spacial score (nSPS) is 18.4. The topological polar surface area (TPSA) is 38.5 Å². The van der Waals surface area contributed by atoms with Crippen molar-refractivity contribution >= 4 is 5.69 Å². The minimum Gasteiger partial charge on any atom is -0.482 e. The number of fused-ring (bicyclic) bond motifs is 1. The van der Waals surface area contributed by atoms with E-state index in [2.05, 4.69) is 12.1 Å². The lowest BCUT2D eigenvalue weighted by Crippen LogP contribution is -2.40. The molecule has 17 heavy (non-hydrogen) atoms. The van der Waals surface area contributed by atoms with Crippen LogP contribution in [-0.4, -0.2) is 6.54 Å². The Labute approximate surface area is 100 Å². The van der Waals surface area contributed by atoms with Crippen molar-refractivity contribution in [3.8, 4) is 5.75 Å². The van der Waals surface area contributed by atoms with Crippen LogP contribution in [0.2, 0.25) is 0 Å². The van der Waals surface area contributed by atoms with Crippen molar-refractivity contribution < 1.29 is 4.74 Å². The Hall–Kier alpha value is -2.00. The monoisotopic (exact) mass is 226 g/mol. The highest BCUT2D eigenvalue weighted by Crippen LogP contribution is 2.35. The molecule has 0 aromatic heterocycles. The third kappa shape index (κ3) is 1.85. The second-order valence-corrected chi connectivity index (χ2v) is 4.14. The van der Waals surface area contributed by atoms with Crippen molar-refractivity contribution in [1.29, 1.82) is 0 Å². The summed E-state index contributed by atoms with van der Waals surface area (Å²) in [7, 11) is 0. The highest BCUT2D eigenvalue weighted by atomic mass is 16.5. The number of hydrogen-bond acceptors (Lipinski definition) is 3. The molecule has 1 atom stereocenters. The molecule has 2 N–H and O–H groups in total. The molecule has 1 heterocycles. The van der Waals surface area contributed by atoms with Crippen molar-refractivity contribution in [2.75, 3.05) is 11.6 Å². The summed E-state index contributed by atoms with van der Waals surface area (Å²) in [6.07, 6.45) is -0.00361. The summed E-state index contributed by atoms with van der Waals surface area (Å²) in [5, 5.41) is 1.75. The van der Waals surface area contributed by atoms with Crippen molar-refractivity contribution in [2.45, 2.75) is 6.10 Å². The summed E-state index contributed by atoms with van der Waals surface area (Å²) in [5.74, 6) is 6.87. The first kappa shape index (κ1) is 10.2. The molecule has 1 aliphatic rings. The van der Waals surface area contributed by atoms with Crippen LogP contribution in [-0.2, 0) is 0 Å². The summed E-state index contributed by atoms with van der Waals surface area (Å²) in [5.41, 5.74) is 2.09. The van der Waals surface area contributed by atoms with Gasteiger partial charge in [-0.3, -0.25) is 0 Å². The summed E-state index contributed by atoms with van der Waals surface area (Å²) in [4.78, 5) is 0. The van der Waals surface area contributed by atoms with Crippen molar-refractivity contribution in [3.63, 3.8) is 0 Å². The maximum Gasteiger partial charge on any atom is 0.145 e. The summed E-state index contributed by atoms with van der Waals surface area (Å²) in [6.45, 7) is 0.668. The first-order chi connectivity index (χ1) is 8.34. The van der Waals surface area contributed by atoms with E-state index in [4.69, 9.17) is 10.6 Å². The standard InChI is InChI=1S/C14H14N2O/c15-16-10-14(11-6-2-1-3-7-11)17-13-9-5-4-8-12(13)16/h1-9,14H,10,15H2. The van der Waals surface area contributed by atoms with Gasteiger partial charge in [0.2, 0.25) is 0 Å². The van der Waals surface area contributed by atoms with Crippen LogP contribution >= 0.6 is 0 Å². The highest BCUT2D eigenvalue weighted by Gasteiger charge is 2.24. The molecule has 2 aromatic rings. The third-order valence-corrected chi connectivity index (χ3v) is 2.98. The largest absolute Gasteiger partial charge is 0.482 e. The van der Waals surface area contributed by atoms with Gasteiger partial charge in [-0.05, 0) is 17.7 Å². The van der Waals surface area contributed by atoms with Gasteiger partial charge in [0.25, 0.3) is 0 Å². The second-order valence-electron chi connectivity index (χ2n) is 4.14. The molecule has 1 unspecified atom stereocenters. The van der Waals surface area contributed by atoms with E-state index in [1.807, 2.05) is 42.5 Å². The van der Waals surface area contributed by atoms with Crippen LogP contribution in [0.4, 0.5) is 5.69 Å². The molecule has 0 radical (unpaired) electrons. The number of benzene rings is 2. The SMILES string of the molecule is NN1CC(c2ccccc2)Oc2ccccc21. The van der Waals surface area contributed by atoms with E-state index in [0.29, 0.717) is 6.54 Å². The lowest BCUT2D eigenvalue weighted by Gasteiger charge is -2.33. The number of hydrazine groups is 1. The summed E-state index contributed by atoms with van der Waals surface area (Å²) < 4.78 is 5.97. The maximum absolute atomic E-state index is 6.03. The van der Waals surface area contributed by atoms with E-state index in [-0.39, 0.29) is 6.10 Å². The maximum atomic E-state index is 6.03. The summed E-state index contributed by atoms with van der Waals surface area (Å²) in [6, 6.07) is 18.0. The minimum absolute atomic E-state index is 0.00361. The predicted octanol–water partition coefficient (Wildman–Crippen LogP) is 2.50. The average Bonchev–Trinajstić information content (AvgIpc) is 2.40. The second kappa shape index (κ2) is 4.11. The quantitative estimate of drug-likeness (QED) is 0.759. The Morgan fingerprint density at radius 2 is 1.71 bits per heavy atom. The van der Waals surface area contributed by atoms with Gasteiger partial charge in [0.1, 0.15) is 11.9 Å². The van der Waals surface area contributed by atoms with Crippen LogP contribution in [0.5, 0.6) is 5.75 Å². The van der Waals surface area contributed by atoms with Gasteiger partial charge in [0.05, 0.1) is 12.2 Å². The third-order valence-electron chi connectivity index (χ3n) is 2.98. The van der Waals surface area contributed by atoms with Crippen LogP contribution in [0, 0.1) is 0 Å².